The molecule has 1 aromatic rings. The summed E-state index contributed by atoms with van der Waals surface area (Å²) in [7, 11) is -1.07. The van der Waals surface area contributed by atoms with E-state index in [0.717, 1.165) is 49.0 Å². The third-order valence-corrected chi connectivity index (χ3v) is 7.22. The number of hydrogen-bond acceptors (Lipinski definition) is 4. The fourth-order valence-corrected chi connectivity index (χ4v) is 4.13. The molecule has 0 spiro atoms. The van der Waals surface area contributed by atoms with Crippen molar-refractivity contribution in [3.8, 4) is 0 Å². The van der Waals surface area contributed by atoms with E-state index in [1.807, 2.05) is 6.92 Å². The van der Waals surface area contributed by atoms with E-state index in [1.54, 1.807) is 11.3 Å². The van der Waals surface area contributed by atoms with Crippen molar-refractivity contribution in [3.63, 3.8) is 0 Å². The minimum Gasteiger partial charge on any atom is -0.356 e. The molecule has 164 valence electrons. The Bertz CT molecular complexity index is 685. The predicted octanol–water partition coefficient (Wildman–Crippen LogP) is 7.64. The summed E-state index contributed by atoms with van der Waals surface area (Å²) in [5, 5.41) is 3.18. The largest absolute Gasteiger partial charge is 0.356 e. The second kappa shape index (κ2) is 13.3. The van der Waals surface area contributed by atoms with Crippen molar-refractivity contribution in [2.45, 2.75) is 85.2 Å². The molecule has 0 aliphatic heterocycles. The van der Waals surface area contributed by atoms with Crippen LogP contribution in [-0.4, -0.2) is 32.6 Å². The topological polar surface area (TPSA) is 31.4 Å². The average molecular weight is 436 g/mol. The average Bonchev–Trinajstić information content (AvgIpc) is 3.00. The van der Waals surface area contributed by atoms with Gasteiger partial charge in [0.05, 0.1) is 16.8 Å². The molecule has 29 heavy (non-hydrogen) atoms. The predicted molar refractivity (Wildman–Crippen MR) is 131 cm³/mol. The van der Waals surface area contributed by atoms with Crippen LogP contribution in [0.15, 0.2) is 34.8 Å². The molecule has 1 heterocycles. The second-order valence-electron chi connectivity index (χ2n) is 9.27. The number of ether oxygens (including phenoxy) is 2. The standard InChI is InChI=1S/C24H41NO2SSi/c1-19(2)10-9-11-20(3)12-13-24(27-18-26-14-15-29(6,7)8)21(4)16-23-17-28-22(5)25-23/h12,16-17,24H,1,9-11,13-15,18H2,2-8H3/b20-12-,21-16+. The summed E-state index contributed by atoms with van der Waals surface area (Å²) >= 11 is 1.68. The number of nitrogens with zero attached hydrogens (tertiary/aromatic N) is 1. The fraction of sp³-hybridized carbons (Fsp3) is 0.625. The summed E-state index contributed by atoms with van der Waals surface area (Å²) in [5.74, 6) is 0. The molecular weight excluding hydrogens is 394 g/mol. The Morgan fingerprint density at radius 3 is 2.55 bits per heavy atom. The summed E-state index contributed by atoms with van der Waals surface area (Å²) < 4.78 is 11.9. The van der Waals surface area contributed by atoms with E-state index < -0.39 is 8.07 Å². The van der Waals surface area contributed by atoms with Crippen LogP contribution in [0.25, 0.3) is 6.08 Å². The molecule has 0 amide bonds. The van der Waals surface area contributed by atoms with E-state index in [2.05, 4.69) is 69.5 Å². The third-order valence-electron chi connectivity index (χ3n) is 4.72. The van der Waals surface area contributed by atoms with Gasteiger partial charge in [0.25, 0.3) is 0 Å². The van der Waals surface area contributed by atoms with E-state index in [9.17, 15) is 0 Å². The zero-order chi connectivity index (χ0) is 21.9. The zero-order valence-corrected chi connectivity index (χ0v) is 21.5. The second-order valence-corrected chi connectivity index (χ2v) is 16.0. The molecule has 1 aromatic heterocycles. The quantitative estimate of drug-likeness (QED) is 0.130. The van der Waals surface area contributed by atoms with E-state index in [0.29, 0.717) is 6.79 Å². The lowest BCUT2D eigenvalue weighted by Crippen LogP contribution is -2.23. The van der Waals surface area contributed by atoms with E-state index in [1.165, 1.54) is 16.7 Å². The number of allylic oxidation sites excluding steroid dienone is 2. The minimum atomic E-state index is -1.07. The third kappa shape index (κ3) is 13.0. The van der Waals surface area contributed by atoms with Gasteiger partial charge in [0.15, 0.2) is 0 Å². The molecule has 0 saturated carbocycles. The van der Waals surface area contributed by atoms with Crippen molar-refractivity contribution >= 4 is 25.5 Å². The first-order valence-corrected chi connectivity index (χ1v) is 15.2. The first kappa shape index (κ1) is 26.0. The van der Waals surface area contributed by atoms with Crippen LogP contribution in [0, 0.1) is 6.92 Å². The zero-order valence-electron chi connectivity index (χ0n) is 19.6. The summed E-state index contributed by atoms with van der Waals surface area (Å²) in [6, 6.07) is 1.16. The molecule has 3 nitrogen and oxygen atoms in total. The molecule has 0 aliphatic carbocycles. The minimum absolute atomic E-state index is 0.0139. The maximum absolute atomic E-state index is 6.13. The Morgan fingerprint density at radius 2 is 1.97 bits per heavy atom. The number of hydrogen-bond donors (Lipinski definition) is 0. The molecule has 0 radical (unpaired) electrons. The molecular formula is C24H41NO2SSi. The van der Waals surface area contributed by atoms with Gasteiger partial charge in [-0.05, 0) is 71.1 Å². The Kier molecular flexibility index (Phi) is 12.0. The van der Waals surface area contributed by atoms with E-state index in [4.69, 9.17) is 9.47 Å². The summed E-state index contributed by atoms with van der Waals surface area (Å²) in [4.78, 5) is 4.56. The van der Waals surface area contributed by atoms with Crippen LogP contribution in [0.1, 0.15) is 57.2 Å². The Hall–Kier alpha value is -1.01. The van der Waals surface area contributed by atoms with Gasteiger partial charge in [-0.15, -0.1) is 17.9 Å². The molecule has 1 rings (SSSR count). The first-order valence-electron chi connectivity index (χ1n) is 10.7. The molecule has 0 aliphatic rings. The molecule has 0 bridgehead atoms. The number of rotatable bonds is 14. The first-order chi connectivity index (χ1) is 13.6. The van der Waals surface area contributed by atoms with Crippen LogP contribution in [0.2, 0.25) is 25.7 Å². The van der Waals surface area contributed by atoms with E-state index >= 15 is 0 Å². The molecule has 0 fully saturated rings. The van der Waals surface area contributed by atoms with Crippen LogP contribution in [0.5, 0.6) is 0 Å². The Morgan fingerprint density at radius 1 is 1.24 bits per heavy atom. The highest BCUT2D eigenvalue weighted by atomic mass is 32.1. The number of aryl methyl sites for hydroxylation is 1. The van der Waals surface area contributed by atoms with Gasteiger partial charge in [0.2, 0.25) is 0 Å². The number of aromatic nitrogens is 1. The van der Waals surface area contributed by atoms with Gasteiger partial charge in [0, 0.05) is 20.1 Å². The van der Waals surface area contributed by atoms with Gasteiger partial charge < -0.3 is 9.47 Å². The van der Waals surface area contributed by atoms with Crippen molar-refractivity contribution in [1.82, 2.24) is 4.98 Å². The monoisotopic (exact) mass is 435 g/mol. The maximum Gasteiger partial charge on any atom is 0.147 e. The highest BCUT2D eigenvalue weighted by Gasteiger charge is 2.14. The molecule has 0 aromatic carbocycles. The van der Waals surface area contributed by atoms with Crippen molar-refractivity contribution in [3.05, 3.63) is 45.5 Å². The van der Waals surface area contributed by atoms with Crippen LogP contribution >= 0.6 is 11.3 Å². The van der Waals surface area contributed by atoms with Gasteiger partial charge in [-0.1, -0.05) is 36.9 Å². The van der Waals surface area contributed by atoms with Crippen molar-refractivity contribution in [1.29, 1.82) is 0 Å². The maximum atomic E-state index is 6.13. The Labute approximate surface area is 183 Å². The molecule has 5 heteroatoms. The van der Waals surface area contributed by atoms with Gasteiger partial charge >= 0.3 is 0 Å². The normalized spacial score (nSPS) is 14.3. The van der Waals surface area contributed by atoms with Gasteiger partial charge in [-0.25, -0.2) is 4.98 Å². The van der Waals surface area contributed by atoms with Crippen molar-refractivity contribution < 1.29 is 9.47 Å². The molecule has 1 unspecified atom stereocenters. The summed E-state index contributed by atoms with van der Waals surface area (Å²) in [5.41, 5.74) is 4.87. The van der Waals surface area contributed by atoms with Crippen LogP contribution in [-0.2, 0) is 9.47 Å². The summed E-state index contributed by atoms with van der Waals surface area (Å²) in [6.07, 6.45) is 8.70. The van der Waals surface area contributed by atoms with Crippen LogP contribution < -0.4 is 0 Å². The highest BCUT2D eigenvalue weighted by molar-refractivity contribution is 7.09. The lowest BCUT2D eigenvalue weighted by atomic mass is 10.0. The molecule has 0 N–H and O–H groups in total. The number of thiazole rings is 1. The fourth-order valence-electron chi connectivity index (χ4n) is 2.80. The van der Waals surface area contributed by atoms with Gasteiger partial charge in [0.1, 0.15) is 6.79 Å². The van der Waals surface area contributed by atoms with Crippen LogP contribution in [0.3, 0.4) is 0 Å². The van der Waals surface area contributed by atoms with Crippen LogP contribution in [0.4, 0.5) is 0 Å². The van der Waals surface area contributed by atoms with Crippen molar-refractivity contribution in [2.24, 2.45) is 0 Å². The lowest BCUT2D eigenvalue weighted by molar-refractivity contribution is -0.0736. The molecule has 1 atom stereocenters. The van der Waals surface area contributed by atoms with Gasteiger partial charge in [-0.3, -0.25) is 0 Å². The summed E-state index contributed by atoms with van der Waals surface area (Å²) in [6.45, 7) is 20.7. The lowest BCUT2D eigenvalue weighted by Gasteiger charge is -2.19. The van der Waals surface area contributed by atoms with Crippen molar-refractivity contribution in [2.75, 3.05) is 13.4 Å². The highest BCUT2D eigenvalue weighted by Crippen LogP contribution is 2.19. The van der Waals surface area contributed by atoms with E-state index in [-0.39, 0.29) is 6.10 Å². The SMILES string of the molecule is C=C(C)CCC/C(C)=C\CC(OCOCC[Si](C)(C)C)/C(C)=C/c1csc(C)n1. The molecule has 0 saturated heterocycles. The smallest absolute Gasteiger partial charge is 0.147 e. The Balaban J connectivity index is 2.66. The van der Waals surface area contributed by atoms with Gasteiger partial charge in [-0.2, -0.15) is 0 Å².